The molecule has 1 N–H and O–H groups in total. The van der Waals surface area contributed by atoms with Crippen LogP contribution in [0.15, 0.2) is 72.8 Å². The van der Waals surface area contributed by atoms with Crippen LogP contribution in [0.5, 0.6) is 0 Å². The molecule has 0 bridgehead atoms. The normalized spacial score (nSPS) is 17.5. The molecule has 1 fully saturated rings. The van der Waals surface area contributed by atoms with Crippen LogP contribution in [0.3, 0.4) is 0 Å². The zero-order valence-electron chi connectivity index (χ0n) is 30.9. The summed E-state index contributed by atoms with van der Waals surface area (Å²) in [5, 5.41) is 3.22. The number of hydrogen-bond donors (Lipinski definition) is 1. The number of aryl methyl sites for hydroxylation is 2. The summed E-state index contributed by atoms with van der Waals surface area (Å²) in [7, 11) is 0. The van der Waals surface area contributed by atoms with E-state index >= 15 is 0 Å². The summed E-state index contributed by atoms with van der Waals surface area (Å²) < 4.78 is 34.7. The van der Waals surface area contributed by atoms with Crippen molar-refractivity contribution in [1.82, 2.24) is 4.57 Å². The van der Waals surface area contributed by atoms with E-state index in [0.29, 0.717) is 24.9 Å². The molecule has 2 atom stereocenters. The fourth-order valence-corrected chi connectivity index (χ4v) is 7.00. The zero-order valence-corrected chi connectivity index (χ0v) is 30.9. The zero-order chi connectivity index (χ0) is 36.4. The van der Waals surface area contributed by atoms with E-state index in [2.05, 4.69) is 29.8 Å². The highest BCUT2D eigenvalue weighted by Crippen LogP contribution is 2.43. The van der Waals surface area contributed by atoms with E-state index < -0.39 is 11.4 Å². The van der Waals surface area contributed by atoms with Crippen LogP contribution in [0.2, 0.25) is 0 Å². The number of anilines is 1. The Morgan fingerprint density at radius 3 is 2.24 bits per heavy atom. The van der Waals surface area contributed by atoms with E-state index in [1.807, 2.05) is 90.9 Å². The molecule has 8 heteroatoms. The van der Waals surface area contributed by atoms with Crippen LogP contribution in [-0.2, 0) is 25.5 Å². The van der Waals surface area contributed by atoms with E-state index in [1.165, 1.54) is 12.1 Å². The number of carbonyl (C=O) groups is 2. The second-order valence-corrected chi connectivity index (χ2v) is 15.1. The molecule has 266 valence electrons. The second kappa shape index (κ2) is 14.9. The molecule has 0 aliphatic carbocycles. The lowest BCUT2D eigenvalue weighted by atomic mass is 9.94. The highest BCUT2D eigenvalue weighted by atomic mass is 19.1. The van der Waals surface area contributed by atoms with Crippen molar-refractivity contribution in [3.8, 4) is 22.4 Å². The molecule has 1 aromatic heterocycles. The topological polar surface area (TPSA) is 78.8 Å². The van der Waals surface area contributed by atoms with Gasteiger partial charge in [0.1, 0.15) is 11.4 Å². The van der Waals surface area contributed by atoms with Gasteiger partial charge in [-0.3, -0.25) is 9.59 Å². The molecule has 0 radical (unpaired) electrons. The number of esters is 1. The predicted molar refractivity (Wildman–Crippen MR) is 197 cm³/mol. The Labute approximate surface area is 296 Å². The Balaban J connectivity index is 1.61. The van der Waals surface area contributed by atoms with E-state index in [4.69, 9.17) is 14.2 Å². The number of amides is 1. The minimum absolute atomic E-state index is 0.0431. The minimum Gasteiger partial charge on any atom is -0.460 e. The van der Waals surface area contributed by atoms with E-state index in [9.17, 15) is 14.0 Å². The predicted octanol–water partition coefficient (Wildman–Crippen LogP) is 9.99. The number of nitrogens with one attached hydrogen (secondary N) is 1. The van der Waals surface area contributed by atoms with Gasteiger partial charge >= 0.3 is 5.97 Å². The SMILES string of the molecule is Cc1ccc(NC(=O)c2c(-c3ccccc3)c(-c3ccc(F)cc3)n(CCC3CC(CC(=O)OC(C)(C)C)OC(C)(C)O3)c2C(C)C)c(C)c1. The summed E-state index contributed by atoms with van der Waals surface area (Å²) in [6.45, 7) is 18.0. The van der Waals surface area contributed by atoms with Gasteiger partial charge in [0.2, 0.25) is 0 Å². The van der Waals surface area contributed by atoms with Crippen LogP contribution in [0.1, 0.15) is 101 Å². The van der Waals surface area contributed by atoms with E-state index in [0.717, 1.165) is 44.9 Å². The molecule has 7 nitrogen and oxygen atoms in total. The smallest absolute Gasteiger partial charge is 0.308 e. The maximum absolute atomic E-state index is 14.6. The summed E-state index contributed by atoms with van der Waals surface area (Å²) in [5.41, 5.74) is 7.03. The van der Waals surface area contributed by atoms with Crippen molar-refractivity contribution < 1.29 is 28.2 Å². The first-order chi connectivity index (χ1) is 23.5. The fraction of sp³-hybridized carbons (Fsp3) is 0.429. The van der Waals surface area contributed by atoms with Crippen molar-refractivity contribution in [2.75, 3.05) is 5.32 Å². The quantitative estimate of drug-likeness (QED) is 0.169. The van der Waals surface area contributed by atoms with Gasteiger partial charge in [0.05, 0.1) is 29.9 Å². The van der Waals surface area contributed by atoms with Gasteiger partial charge in [-0.2, -0.15) is 0 Å². The Kier molecular flexibility index (Phi) is 11.0. The number of hydrogen-bond acceptors (Lipinski definition) is 5. The van der Waals surface area contributed by atoms with Gasteiger partial charge in [0, 0.05) is 29.9 Å². The van der Waals surface area contributed by atoms with Crippen molar-refractivity contribution in [2.45, 2.75) is 118 Å². The number of halogens is 1. The molecule has 4 aromatic rings. The lowest BCUT2D eigenvalue weighted by Crippen LogP contribution is -2.46. The molecule has 0 spiro atoms. The second-order valence-electron chi connectivity index (χ2n) is 15.1. The van der Waals surface area contributed by atoms with Gasteiger partial charge in [0.25, 0.3) is 5.91 Å². The number of rotatable bonds is 10. The van der Waals surface area contributed by atoms with E-state index in [-0.39, 0.29) is 42.2 Å². The highest BCUT2D eigenvalue weighted by Gasteiger charge is 2.38. The molecule has 5 rings (SSSR count). The highest BCUT2D eigenvalue weighted by molar-refractivity contribution is 6.12. The molecule has 1 aliphatic heterocycles. The van der Waals surface area contributed by atoms with E-state index in [1.54, 1.807) is 12.1 Å². The van der Waals surface area contributed by atoms with Crippen LogP contribution >= 0.6 is 0 Å². The average Bonchev–Trinajstić information content (AvgIpc) is 3.36. The third kappa shape index (κ3) is 8.90. The molecule has 2 heterocycles. The lowest BCUT2D eigenvalue weighted by molar-refractivity contribution is -0.301. The van der Waals surface area contributed by atoms with Gasteiger partial charge in [-0.1, -0.05) is 61.9 Å². The Bertz CT molecular complexity index is 1820. The van der Waals surface area contributed by atoms with Crippen molar-refractivity contribution in [3.05, 3.63) is 101 Å². The first-order valence-corrected chi connectivity index (χ1v) is 17.5. The van der Waals surface area contributed by atoms with Crippen molar-refractivity contribution in [2.24, 2.45) is 0 Å². The third-order valence-corrected chi connectivity index (χ3v) is 8.80. The molecule has 50 heavy (non-hydrogen) atoms. The van der Waals surface area contributed by atoms with Crippen molar-refractivity contribution in [3.63, 3.8) is 0 Å². The summed E-state index contributed by atoms with van der Waals surface area (Å²) in [4.78, 5) is 27.4. The number of ether oxygens (including phenoxy) is 3. The number of aromatic nitrogens is 1. The monoisotopic (exact) mass is 682 g/mol. The van der Waals surface area contributed by atoms with Gasteiger partial charge in [-0.15, -0.1) is 0 Å². The molecular weight excluding hydrogens is 631 g/mol. The first-order valence-electron chi connectivity index (χ1n) is 17.5. The third-order valence-electron chi connectivity index (χ3n) is 8.80. The van der Waals surface area contributed by atoms with Crippen molar-refractivity contribution in [1.29, 1.82) is 0 Å². The van der Waals surface area contributed by atoms with Crippen LogP contribution < -0.4 is 5.32 Å². The van der Waals surface area contributed by atoms with Gasteiger partial charge in [0.15, 0.2) is 5.79 Å². The maximum atomic E-state index is 14.6. The molecule has 0 saturated carbocycles. The fourth-order valence-electron chi connectivity index (χ4n) is 7.00. The summed E-state index contributed by atoms with van der Waals surface area (Å²) in [5.74, 6) is -1.80. The van der Waals surface area contributed by atoms with Gasteiger partial charge < -0.3 is 24.1 Å². The number of nitrogens with zero attached hydrogens (tertiary/aromatic N) is 1. The Morgan fingerprint density at radius 2 is 1.62 bits per heavy atom. The number of benzene rings is 3. The largest absolute Gasteiger partial charge is 0.460 e. The van der Waals surface area contributed by atoms with Crippen LogP contribution in [-0.4, -0.2) is 40.0 Å². The Hall–Kier alpha value is -4.27. The molecule has 1 amide bonds. The summed E-state index contributed by atoms with van der Waals surface area (Å²) >= 11 is 0. The van der Waals surface area contributed by atoms with Crippen molar-refractivity contribution >= 4 is 17.6 Å². The molecular formula is C42H51FN2O5. The van der Waals surface area contributed by atoms with Gasteiger partial charge in [-0.25, -0.2) is 4.39 Å². The molecule has 1 saturated heterocycles. The molecule has 2 unspecified atom stereocenters. The van der Waals surface area contributed by atoms with Gasteiger partial charge in [-0.05, 0) is 108 Å². The first kappa shape index (κ1) is 37.0. The Morgan fingerprint density at radius 1 is 0.960 bits per heavy atom. The summed E-state index contributed by atoms with van der Waals surface area (Å²) in [6.07, 6.45) is 0.624. The average molecular weight is 683 g/mol. The van der Waals surface area contributed by atoms with Crippen LogP contribution in [0, 0.1) is 19.7 Å². The van der Waals surface area contributed by atoms with Crippen LogP contribution in [0.25, 0.3) is 22.4 Å². The standard InChI is InChI=1S/C42H51FN2O5/c1-26(2)38-37(40(47)44-34-20-15-27(3)23-28(34)4)36(29-13-11-10-12-14-29)39(30-16-18-31(43)19-17-30)45(38)22-21-32-24-33(49-42(8,9)48-32)25-35(46)50-41(5,6)7/h10-20,23,26,32-33H,21-22,24-25H2,1-9H3,(H,44,47). The summed E-state index contributed by atoms with van der Waals surface area (Å²) in [6, 6.07) is 22.3. The van der Waals surface area contributed by atoms with Crippen LogP contribution in [0.4, 0.5) is 10.1 Å². The minimum atomic E-state index is -0.904. The molecule has 3 aromatic carbocycles. The maximum Gasteiger partial charge on any atom is 0.308 e. The lowest BCUT2D eigenvalue weighted by Gasteiger charge is -2.41. The molecule has 1 aliphatic rings. The number of carbonyl (C=O) groups excluding carboxylic acids is 2.